The molecule has 0 fully saturated rings. The molecule has 2 aromatic carbocycles. The highest BCUT2D eigenvalue weighted by molar-refractivity contribution is 7.22. The molecule has 0 radical (unpaired) electrons. The van der Waals surface area contributed by atoms with E-state index in [1.807, 2.05) is 37.3 Å². The number of ether oxygens (including phenoxy) is 1. The number of aromatic nitrogens is 3. The number of thiazole rings is 1. The summed E-state index contributed by atoms with van der Waals surface area (Å²) in [5.41, 5.74) is 4.88. The zero-order valence-corrected chi connectivity index (χ0v) is 21.6. The molecule has 11 heteroatoms. The highest BCUT2D eigenvalue weighted by Gasteiger charge is 2.26. The van der Waals surface area contributed by atoms with Gasteiger partial charge in [0.25, 0.3) is 0 Å². The average Bonchev–Trinajstić information content (AvgIpc) is 3.59. The third-order valence-electron chi connectivity index (χ3n) is 5.85. The van der Waals surface area contributed by atoms with Crippen LogP contribution in [0.25, 0.3) is 32.6 Å². The van der Waals surface area contributed by atoms with E-state index in [1.165, 1.54) is 23.3 Å². The van der Waals surface area contributed by atoms with Gasteiger partial charge in [-0.3, -0.25) is 9.59 Å². The second kappa shape index (κ2) is 11.7. The van der Waals surface area contributed by atoms with Crippen LogP contribution in [0.1, 0.15) is 20.3 Å². The van der Waals surface area contributed by atoms with Gasteiger partial charge in [-0.05, 0) is 42.2 Å². The van der Waals surface area contributed by atoms with Gasteiger partial charge in [0.1, 0.15) is 12.6 Å². The van der Waals surface area contributed by atoms with Crippen molar-refractivity contribution in [1.29, 1.82) is 0 Å². The van der Waals surface area contributed by atoms with Crippen LogP contribution in [-0.2, 0) is 14.3 Å². The standard InChI is InChI=1S/C26H28N6O4S/c1-4-11-32(23(33)14-28-26(35)36-3)16(2)24(34)31-25-30-20-10-9-19(12-22(20)37-25)17-5-7-18(8-6-17)21-13-27-15-29-21/h5-10,12-13,15-16H,4,11,14H2,1-3H3,(H,27,29)(H,28,35)(H,30,31,34). The van der Waals surface area contributed by atoms with Gasteiger partial charge in [-0.2, -0.15) is 0 Å². The Morgan fingerprint density at radius 2 is 1.84 bits per heavy atom. The van der Waals surface area contributed by atoms with E-state index in [-0.39, 0.29) is 18.4 Å². The van der Waals surface area contributed by atoms with Gasteiger partial charge in [-0.15, -0.1) is 0 Å². The number of nitrogens with one attached hydrogen (secondary N) is 3. The molecule has 2 heterocycles. The molecule has 0 aliphatic heterocycles. The fourth-order valence-electron chi connectivity index (χ4n) is 3.86. The molecule has 0 aliphatic carbocycles. The predicted molar refractivity (Wildman–Crippen MR) is 143 cm³/mol. The molecular formula is C26H28N6O4S. The Bertz CT molecular complexity index is 1380. The first kappa shape index (κ1) is 25.8. The van der Waals surface area contributed by atoms with Crippen molar-refractivity contribution in [3.05, 3.63) is 55.0 Å². The van der Waals surface area contributed by atoms with Gasteiger partial charge in [0.05, 0.1) is 35.5 Å². The number of alkyl carbamates (subject to hydrolysis) is 1. The molecule has 0 spiro atoms. The first-order valence-electron chi connectivity index (χ1n) is 11.8. The largest absolute Gasteiger partial charge is 0.453 e. The average molecular weight is 521 g/mol. The Labute approximate surface area is 218 Å². The molecule has 1 atom stereocenters. The van der Waals surface area contributed by atoms with Crippen LogP contribution in [-0.4, -0.2) is 64.0 Å². The summed E-state index contributed by atoms with van der Waals surface area (Å²) >= 11 is 1.37. The summed E-state index contributed by atoms with van der Waals surface area (Å²) < 4.78 is 5.43. The van der Waals surface area contributed by atoms with Crippen LogP contribution >= 0.6 is 11.3 Å². The van der Waals surface area contributed by atoms with Crippen molar-refractivity contribution >= 4 is 44.6 Å². The number of hydrogen-bond acceptors (Lipinski definition) is 7. The van der Waals surface area contributed by atoms with Crippen LogP contribution in [0, 0.1) is 0 Å². The molecule has 4 rings (SSSR count). The Morgan fingerprint density at radius 1 is 1.11 bits per heavy atom. The van der Waals surface area contributed by atoms with Gasteiger partial charge in [-0.25, -0.2) is 14.8 Å². The first-order chi connectivity index (χ1) is 17.9. The molecule has 3 amide bonds. The minimum atomic E-state index is -0.747. The van der Waals surface area contributed by atoms with Crippen molar-refractivity contribution in [2.45, 2.75) is 26.3 Å². The Morgan fingerprint density at radius 3 is 2.51 bits per heavy atom. The number of rotatable bonds is 9. The molecule has 0 bridgehead atoms. The SMILES string of the molecule is CCCN(C(=O)CNC(=O)OC)C(C)C(=O)Nc1nc2ccc(-c3ccc(-c4cnc[nH]4)cc3)cc2s1. The number of H-pyrrole nitrogens is 1. The van der Waals surface area contributed by atoms with Crippen molar-refractivity contribution in [1.82, 2.24) is 25.2 Å². The van der Waals surface area contributed by atoms with Crippen LogP contribution in [0.3, 0.4) is 0 Å². The van der Waals surface area contributed by atoms with E-state index in [0.29, 0.717) is 18.1 Å². The number of amides is 3. The predicted octanol–water partition coefficient (Wildman–Crippen LogP) is 4.28. The van der Waals surface area contributed by atoms with Gasteiger partial charge in [0.2, 0.25) is 11.8 Å². The summed E-state index contributed by atoms with van der Waals surface area (Å²) in [7, 11) is 1.22. The monoisotopic (exact) mass is 520 g/mol. The number of anilines is 1. The third-order valence-corrected chi connectivity index (χ3v) is 6.78. The van der Waals surface area contributed by atoms with Crippen LogP contribution in [0.4, 0.5) is 9.93 Å². The number of aromatic amines is 1. The van der Waals surface area contributed by atoms with E-state index in [2.05, 4.69) is 42.5 Å². The second-order valence-electron chi connectivity index (χ2n) is 8.34. The molecular weight excluding hydrogens is 492 g/mol. The topological polar surface area (TPSA) is 129 Å². The number of carbonyl (C=O) groups is 3. The van der Waals surface area contributed by atoms with E-state index in [9.17, 15) is 14.4 Å². The lowest BCUT2D eigenvalue weighted by molar-refractivity contribution is -0.137. The third kappa shape index (κ3) is 6.12. The quantitative estimate of drug-likeness (QED) is 0.302. The van der Waals surface area contributed by atoms with Crippen molar-refractivity contribution in [2.24, 2.45) is 0 Å². The summed E-state index contributed by atoms with van der Waals surface area (Å²) in [6.07, 6.45) is 3.39. The van der Waals surface area contributed by atoms with Crippen LogP contribution in [0.5, 0.6) is 0 Å². The molecule has 10 nitrogen and oxygen atoms in total. The summed E-state index contributed by atoms with van der Waals surface area (Å²) in [6.45, 7) is 3.68. The van der Waals surface area contributed by atoms with Crippen LogP contribution < -0.4 is 10.6 Å². The molecule has 0 saturated carbocycles. The van der Waals surface area contributed by atoms with Gasteiger partial charge in [-0.1, -0.05) is 48.6 Å². The van der Waals surface area contributed by atoms with E-state index in [0.717, 1.165) is 32.6 Å². The highest BCUT2D eigenvalue weighted by Crippen LogP contribution is 2.31. The molecule has 2 aromatic heterocycles. The lowest BCUT2D eigenvalue weighted by Gasteiger charge is -2.27. The number of carbonyl (C=O) groups excluding carboxylic acids is 3. The van der Waals surface area contributed by atoms with Gasteiger partial charge in [0.15, 0.2) is 5.13 Å². The zero-order chi connectivity index (χ0) is 26.4. The van der Waals surface area contributed by atoms with E-state index in [4.69, 9.17) is 0 Å². The van der Waals surface area contributed by atoms with Crippen LogP contribution in [0.2, 0.25) is 0 Å². The van der Waals surface area contributed by atoms with E-state index < -0.39 is 12.1 Å². The molecule has 1 unspecified atom stereocenters. The van der Waals surface area contributed by atoms with Crippen molar-refractivity contribution in [3.63, 3.8) is 0 Å². The lowest BCUT2D eigenvalue weighted by Crippen LogP contribution is -2.49. The van der Waals surface area contributed by atoms with Crippen molar-refractivity contribution in [3.8, 4) is 22.4 Å². The molecule has 3 N–H and O–H groups in total. The highest BCUT2D eigenvalue weighted by atomic mass is 32.1. The molecule has 4 aromatic rings. The summed E-state index contributed by atoms with van der Waals surface area (Å²) in [4.78, 5) is 50.0. The minimum absolute atomic E-state index is 0.253. The Hall–Kier alpha value is -4.25. The van der Waals surface area contributed by atoms with Gasteiger partial charge in [0, 0.05) is 6.54 Å². The maximum Gasteiger partial charge on any atom is 0.407 e. The van der Waals surface area contributed by atoms with Crippen molar-refractivity contribution < 1.29 is 19.1 Å². The zero-order valence-electron chi connectivity index (χ0n) is 20.8. The smallest absolute Gasteiger partial charge is 0.407 e. The summed E-state index contributed by atoms with van der Waals surface area (Å²) in [6, 6.07) is 13.4. The number of benzene rings is 2. The first-order valence-corrected chi connectivity index (χ1v) is 12.6. The van der Waals surface area contributed by atoms with E-state index >= 15 is 0 Å². The maximum atomic E-state index is 13.0. The molecule has 37 heavy (non-hydrogen) atoms. The van der Waals surface area contributed by atoms with Crippen LogP contribution in [0.15, 0.2) is 55.0 Å². The fraction of sp³-hybridized carbons (Fsp3) is 0.269. The number of nitrogens with zero attached hydrogens (tertiary/aromatic N) is 3. The Kier molecular flexibility index (Phi) is 8.14. The van der Waals surface area contributed by atoms with E-state index in [1.54, 1.807) is 19.4 Å². The fourth-order valence-corrected chi connectivity index (χ4v) is 4.77. The minimum Gasteiger partial charge on any atom is -0.453 e. The Balaban J connectivity index is 1.45. The summed E-state index contributed by atoms with van der Waals surface area (Å²) in [5.74, 6) is -0.726. The maximum absolute atomic E-state index is 13.0. The number of imidazole rings is 1. The van der Waals surface area contributed by atoms with Gasteiger partial charge >= 0.3 is 6.09 Å². The number of hydrogen-bond donors (Lipinski definition) is 3. The number of fused-ring (bicyclic) bond motifs is 1. The summed E-state index contributed by atoms with van der Waals surface area (Å²) in [5, 5.41) is 5.65. The molecule has 0 aliphatic rings. The van der Waals surface area contributed by atoms with Gasteiger partial charge < -0.3 is 25.3 Å². The molecule has 0 saturated heterocycles. The second-order valence-corrected chi connectivity index (χ2v) is 9.37. The number of methoxy groups -OCH3 is 1. The van der Waals surface area contributed by atoms with Crippen molar-refractivity contribution in [2.75, 3.05) is 25.5 Å². The molecule has 192 valence electrons. The lowest BCUT2D eigenvalue weighted by atomic mass is 10.0. The normalized spacial score (nSPS) is 11.6.